The minimum atomic E-state index is -0.485. The number of carbonyl (C=O) groups excluding carboxylic acids is 2. The van der Waals surface area contributed by atoms with Gasteiger partial charge < -0.3 is 14.3 Å². The van der Waals surface area contributed by atoms with Gasteiger partial charge in [-0.2, -0.15) is 0 Å². The highest BCUT2D eigenvalue weighted by atomic mass is 32.1. The van der Waals surface area contributed by atoms with Gasteiger partial charge in [-0.15, -0.1) is 11.3 Å². The topological polar surface area (TPSA) is 65.5 Å². The fourth-order valence-corrected chi connectivity index (χ4v) is 3.66. The molecule has 27 heavy (non-hydrogen) atoms. The Morgan fingerprint density at radius 3 is 2.74 bits per heavy atom. The number of ketones is 1. The van der Waals surface area contributed by atoms with Gasteiger partial charge in [-0.3, -0.25) is 4.79 Å². The highest BCUT2D eigenvalue weighted by molar-refractivity contribution is 7.09. The Balaban J connectivity index is 2.24. The van der Waals surface area contributed by atoms with Gasteiger partial charge >= 0.3 is 5.97 Å². The zero-order valence-corrected chi connectivity index (χ0v) is 16.6. The third-order valence-corrected chi connectivity index (χ3v) is 5.03. The SMILES string of the molecule is CCOC(=O)CC(c1ccc(OC)c(F)c1)c1csc(CCCC(C)=O)n1. The van der Waals surface area contributed by atoms with E-state index in [0.29, 0.717) is 24.1 Å². The van der Waals surface area contributed by atoms with Crippen molar-refractivity contribution in [2.24, 2.45) is 0 Å². The number of nitrogens with zero attached hydrogens (tertiary/aromatic N) is 1. The summed E-state index contributed by atoms with van der Waals surface area (Å²) in [6.07, 6.45) is 2.04. The van der Waals surface area contributed by atoms with Crippen molar-refractivity contribution in [3.63, 3.8) is 0 Å². The maximum absolute atomic E-state index is 14.2. The molecule has 0 bridgehead atoms. The highest BCUT2D eigenvalue weighted by Gasteiger charge is 2.23. The Labute approximate surface area is 162 Å². The molecule has 1 aromatic carbocycles. The van der Waals surface area contributed by atoms with E-state index in [0.717, 1.165) is 11.4 Å². The van der Waals surface area contributed by atoms with Gasteiger partial charge in [0.15, 0.2) is 11.6 Å². The lowest BCUT2D eigenvalue weighted by atomic mass is 9.93. The molecule has 1 atom stereocenters. The molecule has 0 aliphatic rings. The second-order valence-corrected chi connectivity index (χ2v) is 7.12. The van der Waals surface area contributed by atoms with E-state index in [4.69, 9.17) is 9.47 Å². The van der Waals surface area contributed by atoms with Crippen LogP contribution >= 0.6 is 11.3 Å². The number of benzene rings is 1. The molecular formula is C20H24FNO4S. The zero-order chi connectivity index (χ0) is 19.8. The van der Waals surface area contributed by atoms with Gasteiger partial charge in [-0.25, -0.2) is 9.37 Å². The van der Waals surface area contributed by atoms with Crippen molar-refractivity contribution >= 4 is 23.1 Å². The van der Waals surface area contributed by atoms with E-state index in [1.807, 2.05) is 5.38 Å². The van der Waals surface area contributed by atoms with Crippen LogP contribution in [0.2, 0.25) is 0 Å². The molecule has 1 unspecified atom stereocenters. The van der Waals surface area contributed by atoms with Gasteiger partial charge in [0.25, 0.3) is 0 Å². The third kappa shape index (κ3) is 6.13. The van der Waals surface area contributed by atoms with E-state index >= 15 is 0 Å². The first-order valence-electron chi connectivity index (χ1n) is 8.87. The van der Waals surface area contributed by atoms with Crippen LogP contribution < -0.4 is 4.74 Å². The van der Waals surface area contributed by atoms with Crippen molar-refractivity contribution in [1.82, 2.24) is 4.98 Å². The van der Waals surface area contributed by atoms with Gasteiger partial charge in [0.05, 0.1) is 30.8 Å². The van der Waals surface area contributed by atoms with Crippen LogP contribution in [0, 0.1) is 5.82 Å². The van der Waals surface area contributed by atoms with E-state index in [1.165, 1.54) is 24.5 Å². The molecule has 2 rings (SSSR count). The predicted molar refractivity (Wildman–Crippen MR) is 102 cm³/mol. The maximum atomic E-state index is 14.2. The molecule has 1 heterocycles. The first kappa shape index (κ1) is 21.0. The number of aryl methyl sites for hydroxylation is 1. The molecule has 0 aliphatic carbocycles. The fourth-order valence-electron chi connectivity index (χ4n) is 2.77. The number of ether oxygens (including phenoxy) is 2. The number of halogens is 1. The first-order chi connectivity index (χ1) is 12.9. The normalized spacial score (nSPS) is 11.9. The van der Waals surface area contributed by atoms with Gasteiger partial charge in [0.2, 0.25) is 0 Å². The molecule has 0 aliphatic heterocycles. The van der Waals surface area contributed by atoms with E-state index in [2.05, 4.69) is 4.98 Å². The average molecular weight is 393 g/mol. The largest absolute Gasteiger partial charge is 0.494 e. The Morgan fingerprint density at radius 1 is 1.33 bits per heavy atom. The molecule has 0 saturated heterocycles. The summed E-state index contributed by atoms with van der Waals surface area (Å²) >= 11 is 1.48. The number of hydrogen-bond donors (Lipinski definition) is 0. The summed E-state index contributed by atoms with van der Waals surface area (Å²) in [5.74, 6) is -0.939. The fraction of sp³-hybridized carbons (Fsp3) is 0.450. The number of thiazole rings is 1. The van der Waals surface area contributed by atoms with E-state index in [-0.39, 0.29) is 30.5 Å². The second-order valence-electron chi connectivity index (χ2n) is 6.18. The molecular weight excluding hydrogens is 369 g/mol. The van der Waals surface area contributed by atoms with E-state index in [9.17, 15) is 14.0 Å². The Bertz CT molecular complexity index is 790. The number of aromatic nitrogens is 1. The number of hydrogen-bond acceptors (Lipinski definition) is 6. The third-order valence-electron chi connectivity index (χ3n) is 4.10. The summed E-state index contributed by atoms with van der Waals surface area (Å²) < 4.78 is 24.2. The number of methoxy groups -OCH3 is 1. The molecule has 0 saturated carbocycles. The number of carbonyl (C=O) groups is 2. The first-order valence-corrected chi connectivity index (χ1v) is 9.75. The molecule has 0 amide bonds. The summed E-state index contributed by atoms with van der Waals surface area (Å²) in [4.78, 5) is 27.8. The van der Waals surface area contributed by atoms with E-state index in [1.54, 1.807) is 26.0 Å². The number of rotatable bonds is 10. The van der Waals surface area contributed by atoms with Crippen molar-refractivity contribution in [3.8, 4) is 5.75 Å². The van der Waals surface area contributed by atoms with Crippen LogP contribution in [-0.2, 0) is 20.7 Å². The smallest absolute Gasteiger partial charge is 0.306 e. The molecule has 146 valence electrons. The number of Topliss-reactive ketones (excluding diaryl/α,β-unsaturated/α-hetero) is 1. The highest BCUT2D eigenvalue weighted by Crippen LogP contribution is 2.32. The van der Waals surface area contributed by atoms with Crippen LogP contribution in [-0.4, -0.2) is 30.5 Å². The zero-order valence-electron chi connectivity index (χ0n) is 15.8. The van der Waals surface area contributed by atoms with Crippen molar-refractivity contribution in [2.75, 3.05) is 13.7 Å². The lowest BCUT2D eigenvalue weighted by molar-refractivity contribution is -0.143. The molecule has 0 radical (unpaired) electrons. The summed E-state index contributed by atoms with van der Waals surface area (Å²) in [7, 11) is 1.40. The summed E-state index contributed by atoms with van der Waals surface area (Å²) in [5, 5.41) is 2.78. The van der Waals surface area contributed by atoms with Crippen molar-refractivity contribution in [2.45, 2.75) is 45.4 Å². The quantitative estimate of drug-likeness (QED) is 0.564. The molecule has 0 spiro atoms. The number of esters is 1. The molecule has 2 aromatic rings. The standard InChI is InChI=1S/C20H24FNO4S/c1-4-26-20(24)11-15(14-8-9-18(25-3)16(21)10-14)17-12-27-19(22-17)7-5-6-13(2)23/h8-10,12,15H,4-7,11H2,1-3H3. The predicted octanol–water partition coefficient (Wildman–Crippen LogP) is 4.29. The van der Waals surface area contributed by atoms with Crippen LogP contribution in [0.25, 0.3) is 0 Å². The van der Waals surface area contributed by atoms with Crippen LogP contribution in [0.3, 0.4) is 0 Å². The molecule has 0 N–H and O–H groups in total. The molecule has 5 nitrogen and oxygen atoms in total. The van der Waals surface area contributed by atoms with Crippen LogP contribution in [0.1, 0.15) is 55.3 Å². The minimum Gasteiger partial charge on any atom is -0.494 e. The van der Waals surface area contributed by atoms with Gasteiger partial charge in [0, 0.05) is 17.7 Å². The maximum Gasteiger partial charge on any atom is 0.306 e. The van der Waals surface area contributed by atoms with Crippen molar-refractivity contribution < 1.29 is 23.5 Å². The summed E-state index contributed by atoms with van der Waals surface area (Å²) in [6.45, 7) is 3.60. The van der Waals surface area contributed by atoms with Crippen LogP contribution in [0.4, 0.5) is 4.39 Å². The van der Waals surface area contributed by atoms with E-state index < -0.39 is 11.7 Å². The molecule has 0 fully saturated rings. The van der Waals surface area contributed by atoms with Gasteiger partial charge in [-0.1, -0.05) is 6.07 Å². The Kier molecular flexibility index (Phi) is 7.91. The summed E-state index contributed by atoms with van der Waals surface area (Å²) in [5.41, 5.74) is 1.34. The van der Waals surface area contributed by atoms with Gasteiger partial charge in [0.1, 0.15) is 5.78 Å². The lowest BCUT2D eigenvalue weighted by Crippen LogP contribution is -2.12. The molecule has 7 heteroatoms. The average Bonchev–Trinajstić information content (AvgIpc) is 3.08. The minimum absolute atomic E-state index is 0.0796. The van der Waals surface area contributed by atoms with Crippen LogP contribution in [0.5, 0.6) is 5.75 Å². The lowest BCUT2D eigenvalue weighted by Gasteiger charge is -2.15. The van der Waals surface area contributed by atoms with Crippen molar-refractivity contribution in [1.29, 1.82) is 0 Å². The van der Waals surface area contributed by atoms with Gasteiger partial charge in [-0.05, 0) is 44.4 Å². The van der Waals surface area contributed by atoms with Crippen molar-refractivity contribution in [3.05, 3.63) is 45.7 Å². The Hall–Kier alpha value is -2.28. The summed E-state index contributed by atoms with van der Waals surface area (Å²) in [6, 6.07) is 4.65. The molecule has 1 aromatic heterocycles. The van der Waals surface area contributed by atoms with Crippen LogP contribution in [0.15, 0.2) is 23.6 Å². The second kappa shape index (κ2) is 10.2. The monoisotopic (exact) mass is 393 g/mol. The Morgan fingerprint density at radius 2 is 2.11 bits per heavy atom.